The normalized spacial score (nSPS) is 22.1. The molecule has 0 N–H and O–H groups in total. The van der Waals surface area contributed by atoms with E-state index >= 15 is 0 Å². The number of nitrogens with zero attached hydrogens (tertiary/aromatic N) is 9. The molecule has 42 heavy (non-hydrogen) atoms. The van der Waals surface area contributed by atoms with Crippen molar-refractivity contribution in [2.75, 3.05) is 13.1 Å². The van der Waals surface area contributed by atoms with Gasteiger partial charge in [-0.2, -0.15) is 0 Å². The van der Waals surface area contributed by atoms with Crippen LogP contribution in [0.2, 0.25) is 6.04 Å². The van der Waals surface area contributed by atoms with Gasteiger partial charge in [0.15, 0.2) is 5.78 Å². The van der Waals surface area contributed by atoms with E-state index in [0.29, 0.717) is 0 Å². The molecule has 0 aliphatic carbocycles. The number of nitro benzene ring substituents is 2. The van der Waals surface area contributed by atoms with Crippen LogP contribution < -0.4 is 0 Å². The summed E-state index contributed by atoms with van der Waals surface area (Å²) in [6.07, 6.45) is -0.405. The summed E-state index contributed by atoms with van der Waals surface area (Å²) in [5.41, 5.74) is 15.3. The first kappa shape index (κ1) is 30.1. The van der Waals surface area contributed by atoms with Gasteiger partial charge < -0.3 is 18.2 Å². The van der Waals surface area contributed by atoms with E-state index in [4.69, 9.17) is 24.3 Å². The molecule has 2 aliphatic rings. The minimum Gasteiger partial charge on any atom is -0.368 e. The highest BCUT2D eigenvalue weighted by Gasteiger charge is 2.60. The number of carbonyl (C=O) groups is 2. The Morgan fingerprint density at radius 1 is 0.929 bits per heavy atom. The van der Waals surface area contributed by atoms with E-state index in [0.717, 1.165) is 41.3 Å². The van der Waals surface area contributed by atoms with Crippen molar-refractivity contribution in [1.82, 2.24) is 4.90 Å². The molecule has 2 aromatic carbocycles. The van der Waals surface area contributed by atoms with Crippen LogP contribution in [0.15, 0.2) is 46.6 Å². The third kappa shape index (κ3) is 6.20. The zero-order valence-corrected chi connectivity index (χ0v) is 23.2. The summed E-state index contributed by atoms with van der Waals surface area (Å²) >= 11 is 0. The Bertz CT molecular complexity index is 1550. The van der Waals surface area contributed by atoms with Crippen LogP contribution in [0.1, 0.15) is 41.0 Å². The first-order valence-corrected chi connectivity index (χ1v) is 14.4. The van der Waals surface area contributed by atoms with Crippen molar-refractivity contribution in [2.45, 2.75) is 44.6 Å². The Morgan fingerprint density at radius 2 is 1.45 bits per heavy atom. The summed E-state index contributed by atoms with van der Waals surface area (Å²) < 4.78 is 17.9. The predicted octanol–water partition coefficient (Wildman–Crippen LogP) is 5.26. The fraction of sp³-hybridized carbons (Fsp3) is 0.391. The number of amides is 1. The van der Waals surface area contributed by atoms with E-state index in [2.05, 4.69) is 20.1 Å². The number of Topliss-reactive ketones (excluding diaryl/α,β-unsaturated/α-hetero) is 1. The molecular weight excluding hydrogens is 574 g/mol. The Labute approximate surface area is 237 Å². The fourth-order valence-electron chi connectivity index (χ4n) is 4.90. The summed E-state index contributed by atoms with van der Waals surface area (Å²) in [5, 5.41) is 30.1. The highest BCUT2D eigenvalue weighted by molar-refractivity contribution is 6.62. The number of ketones is 1. The van der Waals surface area contributed by atoms with Gasteiger partial charge >= 0.3 is 8.80 Å². The van der Waals surface area contributed by atoms with Gasteiger partial charge in [-0.25, -0.2) is 0 Å². The number of carbonyl (C=O) groups excluding carboxylic acids is 2. The minimum atomic E-state index is -3.05. The average Bonchev–Trinajstić information content (AvgIpc) is 3.44. The molecule has 18 nitrogen and oxygen atoms in total. The van der Waals surface area contributed by atoms with Gasteiger partial charge in [0, 0.05) is 45.9 Å². The van der Waals surface area contributed by atoms with Crippen molar-refractivity contribution in [3.05, 3.63) is 88.6 Å². The monoisotopic (exact) mass is 597 g/mol. The van der Waals surface area contributed by atoms with Gasteiger partial charge in [0.05, 0.1) is 40.3 Å². The number of hydrogen-bond donors (Lipinski definition) is 0. The van der Waals surface area contributed by atoms with Crippen molar-refractivity contribution in [3.63, 3.8) is 0 Å². The van der Waals surface area contributed by atoms with Gasteiger partial charge in [0.25, 0.3) is 17.3 Å². The molecule has 2 fully saturated rings. The zero-order chi connectivity index (χ0) is 30.6. The summed E-state index contributed by atoms with van der Waals surface area (Å²) in [4.78, 5) is 55.1. The van der Waals surface area contributed by atoms with Gasteiger partial charge in [0.2, 0.25) is 0 Å². The highest BCUT2D eigenvalue weighted by atomic mass is 28.4. The third-order valence-corrected chi connectivity index (χ3v) is 9.77. The van der Waals surface area contributed by atoms with Crippen LogP contribution in [-0.4, -0.2) is 66.6 Å². The Morgan fingerprint density at radius 3 is 1.95 bits per heavy atom. The Balaban J connectivity index is 1.67. The number of hydrogen-bond acceptors (Lipinski definition) is 11. The molecule has 2 heterocycles. The molecule has 0 aromatic heterocycles. The molecule has 2 bridgehead atoms. The molecule has 218 valence electrons. The number of nitro groups is 2. The van der Waals surface area contributed by atoms with E-state index in [9.17, 15) is 29.8 Å². The van der Waals surface area contributed by atoms with Crippen LogP contribution in [0.5, 0.6) is 0 Å². The minimum absolute atomic E-state index is 0.0705. The molecule has 2 saturated heterocycles. The SMILES string of the molecule is CC1O[Si]2(CCCN(CC(=O)c3cc(N=[N+]=[N-])ccc3[N+](=O)[O-])C(=O)c3cc(N=[N+]=[N-])ccc3[N+](=O)[O-])OC(C)C1O2. The van der Waals surface area contributed by atoms with Gasteiger partial charge in [-0.15, -0.1) is 0 Å². The average molecular weight is 598 g/mol. The van der Waals surface area contributed by atoms with Crippen molar-refractivity contribution in [3.8, 4) is 0 Å². The maximum atomic E-state index is 13.7. The van der Waals surface area contributed by atoms with Crippen LogP contribution in [0.3, 0.4) is 0 Å². The van der Waals surface area contributed by atoms with Gasteiger partial charge in [0.1, 0.15) is 5.56 Å². The summed E-state index contributed by atoms with van der Waals surface area (Å²) in [6, 6.07) is 6.61. The number of benzene rings is 2. The lowest BCUT2D eigenvalue weighted by Gasteiger charge is -2.28. The largest absolute Gasteiger partial charge is 0.502 e. The number of azide groups is 2. The lowest BCUT2D eigenvalue weighted by molar-refractivity contribution is -0.385. The number of rotatable bonds is 12. The molecule has 2 aliphatic heterocycles. The molecule has 2 aromatic rings. The zero-order valence-electron chi connectivity index (χ0n) is 22.2. The van der Waals surface area contributed by atoms with Crippen LogP contribution in [0.25, 0.3) is 20.9 Å². The molecule has 4 rings (SSSR count). The first-order valence-electron chi connectivity index (χ1n) is 12.5. The van der Waals surface area contributed by atoms with Crippen LogP contribution in [0, 0.1) is 20.2 Å². The molecule has 0 saturated carbocycles. The van der Waals surface area contributed by atoms with Crippen molar-refractivity contribution in [1.29, 1.82) is 0 Å². The van der Waals surface area contributed by atoms with Crippen molar-refractivity contribution in [2.24, 2.45) is 10.2 Å². The second kappa shape index (κ2) is 12.3. The van der Waals surface area contributed by atoms with Gasteiger partial charge in [-0.1, -0.05) is 10.2 Å². The Hall–Kier alpha value is -4.90. The fourth-order valence-corrected chi connectivity index (χ4v) is 8.21. The first-order chi connectivity index (χ1) is 20.0. The molecule has 19 heteroatoms. The lowest BCUT2D eigenvalue weighted by Crippen LogP contribution is -2.44. The van der Waals surface area contributed by atoms with E-state index in [-0.39, 0.29) is 48.7 Å². The molecule has 0 radical (unpaired) electrons. The molecular formula is C23H23N9O9Si. The molecule has 2 atom stereocenters. The topological polar surface area (TPSA) is 249 Å². The maximum Gasteiger partial charge on any atom is 0.502 e. The van der Waals surface area contributed by atoms with Gasteiger partial charge in [-0.05, 0) is 55.6 Å². The van der Waals surface area contributed by atoms with Crippen LogP contribution >= 0.6 is 0 Å². The second-order valence-corrected chi connectivity index (χ2v) is 12.0. The molecule has 0 spiro atoms. The van der Waals surface area contributed by atoms with E-state index in [1.54, 1.807) is 0 Å². The molecule has 2 unspecified atom stereocenters. The van der Waals surface area contributed by atoms with E-state index in [1.807, 2.05) is 13.8 Å². The second-order valence-electron chi connectivity index (χ2n) is 9.46. The van der Waals surface area contributed by atoms with E-state index < -0.39 is 59.4 Å². The van der Waals surface area contributed by atoms with Crippen molar-refractivity contribution >= 4 is 43.2 Å². The molecule has 1 amide bonds. The van der Waals surface area contributed by atoms with Crippen molar-refractivity contribution < 1.29 is 32.7 Å². The summed E-state index contributed by atoms with van der Waals surface area (Å²) in [6.45, 7) is 2.85. The smallest absolute Gasteiger partial charge is 0.368 e. The third-order valence-electron chi connectivity index (χ3n) is 6.71. The van der Waals surface area contributed by atoms with E-state index in [1.165, 1.54) is 0 Å². The standard InChI is InChI=1S/C23H23N9O9Si/c1-13-22-14(2)40-42(39-13,41-22)9-3-8-30(23(34)18-11-16(27-29-25)5-7-20(18)32(37)38)12-21(33)17-10-15(26-28-24)4-6-19(17)31(35)36/h4-7,10-11,13-14,22H,3,8-9,12H2,1-2H3. The maximum absolute atomic E-state index is 13.7. The van der Waals surface area contributed by atoms with Crippen LogP contribution in [0.4, 0.5) is 22.7 Å². The lowest BCUT2D eigenvalue weighted by atomic mass is 10.1. The van der Waals surface area contributed by atoms with Crippen LogP contribution in [-0.2, 0) is 13.3 Å². The summed E-state index contributed by atoms with van der Waals surface area (Å²) in [7, 11) is -3.05. The summed E-state index contributed by atoms with van der Waals surface area (Å²) in [5.74, 6) is -1.85. The predicted molar refractivity (Wildman–Crippen MR) is 145 cm³/mol. The Kier molecular flexibility index (Phi) is 8.81. The quantitative estimate of drug-likeness (QED) is 0.0587. The number of fused-ring (bicyclic) bond motifs is 2. The van der Waals surface area contributed by atoms with Gasteiger partial charge in [-0.3, -0.25) is 29.8 Å². The highest BCUT2D eigenvalue weighted by Crippen LogP contribution is 2.40.